The van der Waals surface area contributed by atoms with Gasteiger partial charge in [-0.25, -0.2) is 4.98 Å². The van der Waals surface area contributed by atoms with Crippen molar-refractivity contribution in [3.8, 4) is 0 Å². The van der Waals surface area contributed by atoms with E-state index in [1.807, 2.05) is 6.07 Å². The van der Waals surface area contributed by atoms with Crippen molar-refractivity contribution in [3.63, 3.8) is 0 Å². The smallest absolute Gasteiger partial charge is 0.262 e. The molecule has 7 heteroatoms. The predicted molar refractivity (Wildman–Crippen MR) is 109 cm³/mol. The number of allylic oxidation sites excluding steroid dienone is 1. The van der Waals surface area contributed by atoms with Crippen molar-refractivity contribution in [2.75, 3.05) is 12.3 Å². The van der Waals surface area contributed by atoms with Gasteiger partial charge in [-0.05, 0) is 24.3 Å². The highest BCUT2D eigenvalue weighted by atomic mass is 32.2. The number of rotatable bonds is 6. The fourth-order valence-electron chi connectivity index (χ4n) is 3.22. The van der Waals surface area contributed by atoms with Crippen LogP contribution in [0.15, 0.2) is 71.1 Å². The van der Waals surface area contributed by atoms with Crippen LogP contribution in [0.5, 0.6) is 0 Å². The number of thioether (sulfide) groups is 1. The highest BCUT2D eigenvalue weighted by Gasteiger charge is 2.34. The van der Waals surface area contributed by atoms with E-state index >= 15 is 0 Å². The maximum Gasteiger partial charge on any atom is 0.262 e. The molecule has 0 fully saturated rings. The Kier molecular flexibility index (Phi) is 4.83. The molecule has 0 atom stereocenters. The third-order valence-corrected chi connectivity index (χ3v) is 5.52. The number of nitrogens with zero attached hydrogens (tertiary/aromatic N) is 3. The molecule has 0 saturated heterocycles. The van der Waals surface area contributed by atoms with Gasteiger partial charge in [-0.15, -0.1) is 6.58 Å². The van der Waals surface area contributed by atoms with E-state index in [0.29, 0.717) is 39.5 Å². The number of aromatic nitrogens is 2. The van der Waals surface area contributed by atoms with Crippen molar-refractivity contribution in [1.82, 2.24) is 14.5 Å². The minimum atomic E-state index is -0.281. The van der Waals surface area contributed by atoms with Crippen LogP contribution in [-0.2, 0) is 6.54 Å². The molecule has 0 unspecified atom stereocenters. The lowest BCUT2D eigenvalue weighted by molar-refractivity contribution is 0.0664. The van der Waals surface area contributed by atoms with E-state index in [9.17, 15) is 14.4 Å². The lowest BCUT2D eigenvalue weighted by Crippen LogP contribution is -2.32. The fourth-order valence-corrected chi connectivity index (χ4v) is 4.15. The van der Waals surface area contributed by atoms with Gasteiger partial charge < -0.3 is 0 Å². The summed E-state index contributed by atoms with van der Waals surface area (Å²) < 4.78 is 1.56. The monoisotopic (exact) mass is 391 g/mol. The average Bonchev–Trinajstić information content (AvgIpc) is 2.96. The zero-order valence-corrected chi connectivity index (χ0v) is 15.8. The summed E-state index contributed by atoms with van der Waals surface area (Å²) in [5.41, 5.74) is 1.36. The Morgan fingerprint density at radius 2 is 1.61 bits per heavy atom. The molecule has 0 spiro atoms. The van der Waals surface area contributed by atoms with Crippen molar-refractivity contribution < 1.29 is 9.59 Å². The number of carbonyl (C=O) groups excluding carboxylic acids is 2. The second kappa shape index (κ2) is 7.44. The van der Waals surface area contributed by atoms with E-state index in [1.165, 1.54) is 16.7 Å². The molecular weight excluding hydrogens is 374 g/mol. The van der Waals surface area contributed by atoms with Gasteiger partial charge in [0.15, 0.2) is 5.16 Å². The topological polar surface area (TPSA) is 72.3 Å². The zero-order chi connectivity index (χ0) is 19.7. The first-order valence-electron chi connectivity index (χ1n) is 8.80. The van der Waals surface area contributed by atoms with Gasteiger partial charge in [0.2, 0.25) is 0 Å². The Bertz CT molecular complexity index is 1130. The molecule has 0 bridgehead atoms. The minimum absolute atomic E-state index is 0.131. The van der Waals surface area contributed by atoms with Crippen LogP contribution in [0, 0.1) is 0 Å². The Morgan fingerprint density at radius 1 is 0.964 bits per heavy atom. The van der Waals surface area contributed by atoms with Gasteiger partial charge in [0.25, 0.3) is 17.4 Å². The van der Waals surface area contributed by atoms with Crippen LogP contribution < -0.4 is 5.56 Å². The van der Waals surface area contributed by atoms with Crippen molar-refractivity contribution in [2.45, 2.75) is 11.7 Å². The van der Waals surface area contributed by atoms with Crippen molar-refractivity contribution in [1.29, 1.82) is 0 Å². The quantitative estimate of drug-likeness (QED) is 0.280. The van der Waals surface area contributed by atoms with Crippen molar-refractivity contribution in [2.24, 2.45) is 0 Å². The molecule has 0 aliphatic carbocycles. The summed E-state index contributed by atoms with van der Waals surface area (Å²) >= 11 is 1.34. The number of hydrogen-bond acceptors (Lipinski definition) is 5. The van der Waals surface area contributed by atoms with Crippen LogP contribution in [0.25, 0.3) is 10.9 Å². The number of carbonyl (C=O) groups is 2. The highest BCUT2D eigenvalue weighted by Crippen LogP contribution is 2.24. The first-order chi connectivity index (χ1) is 13.6. The molecule has 4 rings (SSSR count). The highest BCUT2D eigenvalue weighted by molar-refractivity contribution is 7.99. The van der Waals surface area contributed by atoms with Gasteiger partial charge in [0, 0.05) is 18.8 Å². The van der Waals surface area contributed by atoms with Gasteiger partial charge in [-0.3, -0.25) is 23.9 Å². The SMILES string of the molecule is C=CCn1c(SCCN2C(=O)c3ccccc3C2=O)nc2ccccc2c1=O. The molecule has 2 amide bonds. The lowest BCUT2D eigenvalue weighted by atomic mass is 10.1. The first-order valence-corrected chi connectivity index (χ1v) is 9.79. The minimum Gasteiger partial charge on any atom is -0.283 e. The summed E-state index contributed by atoms with van der Waals surface area (Å²) in [6, 6.07) is 14.0. The van der Waals surface area contributed by atoms with Gasteiger partial charge >= 0.3 is 0 Å². The van der Waals surface area contributed by atoms with Crippen LogP contribution in [0.4, 0.5) is 0 Å². The number of fused-ring (bicyclic) bond motifs is 2. The Labute approximate surface area is 165 Å². The molecule has 140 valence electrons. The van der Waals surface area contributed by atoms with Crippen molar-refractivity contribution >= 4 is 34.5 Å². The molecule has 1 aliphatic rings. The molecule has 2 heterocycles. The average molecular weight is 391 g/mol. The van der Waals surface area contributed by atoms with Crippen LogP contribution in [0.2, 0.25) is 0 Å². The van der Waals surface area contributed by atoms with E-state index in [4.69, 9.17) is 0 Å². The third kappa shape index (κ3) is 3.03. The number of hydrogen-bond donors (Lipinski definition) is 0. The fraction of sp³-hybridized carbons (Fsp3) is 0.143. The van der Waals surface area contributed by atoms with Crippen LogP contribution in [0.3, 0.4) is 0 Å². The van der Waals surface area contributed by atoms with Crippen molar-refractivity contribution in [3.05, 3.63) is 82.7 Å². The van der Waals surface area contributed by atoms with Gasteiger partial charge in [0.05, 0.1) is 22.0 Å². The summed E-state index contributed by atoms with van der Waals surface area (Å²) in [5.74, 6) is -0.125. The molecule has 0 N–H and O–H groups in total. The van der Waals surface area contributed by atoms with E-state index in [0.717, 1.165) is 0 Å². The van der Waals surface area contributed by atoms with E-state index in [2.05, 4.69) is 11.6 Å². The summed E-state index contributed by atoms with van der Waals surface area (Å²) in [5, 5.41) is 1.09. The van der Waals surface area contributed by atoms with E-state index < -0.39 is 0 Å². The van der Waals surface area contributed by atoms with Crippen LogP contribution in [-0.4, -0.2) is 38.6 Å². The molecule has 3 aromatic rings. The Balaban J connectivity index is 1.56. The molecular formula is C21H17N3O3S. The van der Waals surface area contributed by atoms with Gasteiger partial charge in [-0.1, -0.05) is 42.1 Å². The number of imide groups is 1. The summed E-state index contributed by atoms with van der Waals surface area (Å²) in [4.78, 5) is 43.5. The molecule has 0 saturated carbocycles. The summed E-state index contributed by atoms with van der Waals surface area (Å²) in [6.45, 7) is 4.29. The van der Waals surface area contributed by atoms with Crippen LogP contribution in [0.1, 0.15) is 20.7 Å². The van der Waals surface area contributed by atoms with E-state index in [1.54, 1.807) is 53.1 Å². The maximum atomic E-state index is 12.8. The third-order valence-electron chi connectivity index (χ3n) is 4.56. The second-order valence-corrected chi connectivity index (χ2v) is 7.33. The molecule has 1 aromatic heterocycles. The molecule has 0 radical (unpaired) electrons. The van der Waals surface area contributed by atoms with E-state index in [-0.39, 0.29) is 23.9 Å². The normalized spacial score (nSPS) is 13.2. The predicted octanol–water partition coefficient (Wildman–Crippen LogP) is 2.97. The standard InChI is InChI=1S/C21H17N3O3S/c1-2-11-24-20(27)16-9-5-6-10-17(16)22-21(24)28-13-12-23-18(25)14-7-3-4-8-15(14)19(23)26/h2-10H,1,11-13H2. The Hall–Kier alpha value is -3.19. The maximum absolute atomic E-state index is 12.8. The van der Waals surface area contributed by atoms with Crippen LogP contribution >= 0.6 is 11.8 Å². The zero-order valence-electron chi connectivity index (χ0n) is 15.0. The lowest BCUT2D eigenvalue weighted by Gasteiger charge is -2.15. The van der Waals surface area contributed by atoms with Gasteiger partial charge in [0.1, 0.15) is 0 Å². The Morgan fingerprint density at radius 3 is 2.29 bits per heavy atom. The second-order valence-electron chi connectivity index (χ2n) is 6.27. The molecule has 2 aromatic carbocycles. The number of para-hydroxylation sites is 1. The largest absolute Gasteiger partial charge is 0.283 e. The number of amides is 2. The summed E-state index contributed by atoms with van der Waals surface area (Å²) in [6.07, 6.45) is 1.64. The molecule has 6 nitrogen and oxygen atoms in total. The number of benzene rings is 2. The summed E-state index contributed by atoms with van der Waals surface area (Å²) in [7, 11) is 0. The first kappa shape index (κ1) is 18.2. The van der Waals surface area contributed by atoms with Gasteiger partial charge in [-0.2, -0.15) is 0 Å². The molecule has 28 heavy (non-hydrogen) atoms. The molecule has 1 aliphatic heterocycles.